The number of aryl methyl sites for hydroxylation is 1. The normalized spacial score (nSPS) is 9.94. The molecule has 1 aromatic carbocycles. The molecule has 0 atom stereocenters. The van der Waals surface area contributed by atoms with E-state index in [1.165, 1.54) is 0 Å². The van der Waals surface area contributed by atoms with Crippen LogP contribution >= 0.6 is 0 Å². The summed E-state index contributed by atoms with van der Waals surface area (Å²) < 4.78 is 15.7. The Bertz CT molecular complexity index is 389. The lowest BCUT2D eigenvalue weighted by Crippen LogP contribution is -1.99. The molecular weight excluding hydrogens is 236 g/mol. The van der Waals surface area contributed by atoms with E-state index in [4.69, 9.17) is 19.3 Å². The minimum atomic E-state index is -0.789. The molecule has 18 heavy (non-hydrogen) atoms. The van der Waals surface area contributed by atoms with Crippen molar-refractivity contribution in [2.45, 2.75) is 19.3 Å². The molecule has 5 heteroatoms. The van der Waals surface area contributed by atoms with Gasteiger partial charge in [-0.3, -0.25) is 4.79 Å². The largest absolute Gasteiger partial charge is 0.493 e. The molecule has 1 aromatic rings. The highest BCUT2D eigenvalue weighted by atomic mass is 16.5. The van der Waals surface area contributed by atoms with E-state index in [0.717, 1.165) is 5.56 Å². The van der Waals surface area contributed by atoms with Gasteiger partial charge in [0.05, 0.1) is 21.3 Å². The molecule has 0 aliphatic carbocycles. The van der Waals surface area contributed by atoms with Crippen LogP contribution in [0.4, 0.5) is 0 Å². The molecule has 0 heterocycles. The van der Waals surface area contributed by atoms with E-state index in [0.29, 0.717) is 30.1 Å². The van der Waals surface area contributed by atoms with Crippen molar-refractivity contribution in [2.24, 2.45) is 0 Å². The SMILES string of the molecule is COc1cc(CCCC(=O)O)cc(OC)c1OC. The molecule has 5 nitrogen and oxygen atoms in total. The fourth-order valence-corrected chi connectivity index (χ4v) is 1.72. The van der Waals surface area contributed by atoms with Gasteiger partial charge in [-0.05, 0) is 30.5 Å². The fourth-order valence-electron chi connectivity index (χ4n) is 1.72. The van der Waals surface area contributed by atoms with Crippen molar-refractivity contribution in [1.29, 1.82) is 0 Å². The van der Waals surface area contributed by atoms with E-state index in [-0.39, 0.29) is 6.42 Å². The number of benzene rings is 1. The second-order valence-corrected chi connectivity index (χ2v) is 3.78. The summed E-state index contributed by atoms with van der Waals surface area (Å²) >= 11 is 0. The Kier molecular flexibility index (Phi) is 5.30. The minimum Gasteiger partial charge on any atom is -0.493 e. The van der Waals surface area contributed by atoms with E-state index in [2.05, 4.69) is 0 Å². The average Bonchev–Trinajstić information content (AvgIpc) is 2.36. The van der Waals surface area contributed by atoms with Gasteiger partial charge >= 0.3 is 5.97 Å². The highest BCUT2D eigenvalue weighted by molar-refractivity contribution is 5.66. The quantitative estimate of drug-likeness (QED) is 0.807. The number of aliphatic carboxylic acids is 1. The number of carbonyl (C=O) groups is 1. The molecule has 0 aliphatic rings. The van der Waals surface area contributed by atoms with Gasteiger partial charge in [0.25, 0.3) is 0 Å². The average molecular weight is 254 g/mol. The topological polar surface area (TPSA) is 65.0 Å². The first-order valence-electron chi connectivity index (χ1n) is 5.63. The lowest BCUT2D eigenvalue weighted by atomic mass is 10.1. The van der Waals surface area contributed by atoms with Crippen LogP contribution in [0.25, 0.3) is 0 Å². The van der Waals surface area contributed by atoms with E-state index < -0.39 is 5.97 Å². The minimum absolute atomic E-state index is 0.149. The molecule has 0 spiro atoms. The Morgan fingerprint density at radius 2 is 1.67 bits per heavy atom. The number of ether oxygens (including phenoxy) is 3. The third-order valence-corrected chi connectivity index (χ3v) is 2.58. The molecule has 1 rings (SSSR count). The molecule has 0 unspecified atom stereocenters. The first kappa shape index (κ1) is 14.2. The monoisotopic (exact) mass is 254 g/mol. The van der Waals surface area contributed by atoms with Gasteiger partial charge in [-0.1, -0.05) is 0 Å². The highest BCUT2D eigenvalue weighted by Crippen LogP contribution is 2.38. The summed E-state index contributed by atoms with van der Waals surface area (Å²) in [5.74, 6) is 0.925. The zero-order valence-electron chi connectivity index (χ0n) is 10.9. The maximum absolute atomic E-state index is 10.5. The summed E-state index contributed by atoms with van der Waals surface area (Å²) in [6.45, 7) is 0. The van der Waals surface area contributed by atoms with Crippen molar-refractivity contribution in [2.75, 3.05) is 21.3 Å². The summed E-state index contributed by atoms with van der Waals surface area (Å²) in [5.41, 5.74) is 0.964. The molecule has 0 saturated carbocycles. The lowest BCUT2D eigenvalue weighted by molar-refractivity contribution is -0.137. The van der Waals surface area contributed by atoms with Crippen LogP contribution in [0.5, 0.6) is 17.2 Å². The number of hydrogen-bond acceptors (Lipinski definition) is 4. The van der Waals surface area contributed by atoms with Crippen molar-refractivity contribution in [3.8, 4) is 17.2 Å². The van der Waals surface area contributed by atoms with Crippen LogP contribution in [0.15, 0.2) is 12.1 Å². The van der Waals surface area contributed by atoms with Crippen LogP contribution in [0.3, 0.4) is 0 Å². The van der Waals surface area contributed by atoms with Crippen LogP contribution in [0.2, 0.25) is 0 Å². The number of carboxylic acid groups (broad SMARTS) is 1. The molecule has 1 N–H and O–H groups in total. The maximum atomic E-state index is 10.5. The third kappa shape index (κ3) is 3.55. The van der Waals surface area contributed by atoms with Crippen molar-refractivity contribution in [3.63, 3.8) is 0 Å². The van der Waals surface area contributed by atoms with Gasteiger partial charge in [0.2, 0.25) is 5.75 Å². The second kappa shape index (κ2) is 6.74. The van der Waals surface area contributed by atoms with E-state index in [1.807, 2.05) is 12.1 Å². The van der Waals surface area contributed by atoms with Crippen LogP contribution < -0.4 is 14.2 Å². The molecule has 0 aromatic heterocycles. The standard InChI is InChI=1S/C13H18O5/c1-16-10-7-9(5-4-6-12(14)15)8-11(17-2)13(10)18-3/h7-8H,4-6H2,1-3H3,(H,14,15). The van der Waals surface area contributed by atoms with E-state index in [1.54, 1.807) is 21.3 Å². The van der Waals surface area contributed by atoms with Crippen LogP contribution in [-0.4, -0.2) is 32.4 Å². The summed E-state index contributed by atoms with van der Waals surface area (Å²) in [6.07, 6.45) is 1.38. The van der Waals surface area contributed by atoms with Gasteiger partial charge in [-0.2, -0.15) is 0 Å². The van der Waals surface area contributed by atoms with Gasteiger partial charge < -0.3 is 19.3 Å². The van der Waals surface area contributed by atoms with Gasteiger partial charge in [0.1, 0.15) is 0 Å². The summed E-state index contributed by atoms with van der Waals surface area (Å²) in [6, 6.07) is 3.67. The Hall–Kier alpha value is -1.91. The van der Waals surface area contributed by atoms with Gasteiger partial charge in [0, 0.05) is 6.42 Å². The fraction of sp³-hybridized carbons (Fsp3) is 0.462. The molecule has 0 bridgehead atoms. The number of carboxylic acids is 1. The number of methoxy groups -OCH3 is 3. The summed E-state index contributed by atoms with van der Waals surface area (Å²) in [5, 5.41) is 8.61. The summed E-state index contributed by atoms with van der Waals surface area (Å²) in [4.78, 5) is 10.5. The predicted octanol–water partition coefficient (Wildman–Crippen LogP) is 2.12. The maximum Gasteiger partial charge on any atom is 0.303 e. The van der Waals surface area contributed by atoms with Gasteiger partial charge in [-0.25, -0.2) is 0 Å². The van der Waals surface area contributed by atoms with E-state index >= 15 is 0 Å². The van der Waals surface area contributed by atoms with E-state index in [9.17, 15) is 4.79 Å². The lowest BCUT2D eigenvalue weighted by Gasteiger charge is -2.13. The van der Waals surface area contributed by atoms with Crippen molar-refractivity contribution >= 4 is 5.97 Å². The Labute approximate surface area is 106 Å². The Morgan fingerprint density at radius 1 is 1.11 bits per heavy atom. The molecule has 0 saturated heterocycles. The number of rotatable bonds is 7. The highest BCUT2D eigenvalue weighted by Gasteiger charge is 2.13. The number of hydrogen-bond donors (Lipinski definition) is 1. The second-order valence-electron chi connectivity index (χ2n) is 3.78. The molecule has 0 radical (unpaired) electrons. The van der Waals surface area contributed by atoms with Crippen molar-refractivity contribution in [3.05, 3.63) is 17.7 Å². The summed E-state index contributed by atoms with van der Waals surface area (Å²) in [7, 11) is 4.65. The third-order valence-electron chi connectivity index (χ3n) is 2.58. The van der Waals surface area contributed by atoms with Crippen molar-refractivity contribution in [1.82, 2.24) is 0 Å². The molecule has 0 fully saturated rings. The van der Waals surface area contributed by atoms with Gasteiger partial charge in [-0.15, -0.1) is 0 Å². The predicted molar refractivity (Wildman–Crippen MR) is 66.7 cm³/mol. The zero-order chi connectivity index (χ0) is 13.5. The van der Waals surface area contributed by atoms with Crippen LogP contribution in [-0.2, 0) is 11.2 Å². The van der Waals surface area contributed by atoms with Crippen LogP contribution in [0, 0.1) is 0 Å². The smallest absolute Gasteiger partial charge is 0.303 e. The van der Waals surface area contributed by atoms with Gasteiger partial charge in [0.15, 0.2) is 11.5 Å². The van der Waals surface area contributed by atoms with Crippen molar-refractivity contribution < 1.29 is 24.1 Å². The first-order valence-corrected chi connectivity index (χ1v) is 5.63. The molecule has 100 valence electrons. The molecule has 0 aliphatic heterocycles. The van der Waals surface area contributed by atoms with Crippen LogP contribution in [0.1, 0.15) is 18.4 Å². The Balaban J connectivity index is 2.89. The zero-order valence-corrected chi connectivity index (χ0v) is 10.9. The molecule has 0 amide bonds. The first-order chi connectivity index (χ1) is 8.62. The Morgan fingerprint density at radius 3 is 2.06 bits per heavy atom. The molecular formula is C13H18O5.